The second-order valence-electron chi connectivity index (χ2n) is 6.44. The SMILES string of the molecule is Cc1sc2ncn(CC(=O)NC[C@H](c3ccco3)N(C)C)c(=O)c2c1C. The van der Waals surface area contributed by atoms with Crippen molar-refractivity contribution in [2.75, 3.05) is 20.6 Å². The Labute approximate surface area is 155 Å². The molecule has 0 aliphatic rings. The molecule has 0 aliphatic carbocycles. The summed E-state index contributed by atoms with van der Waals surface area (Å²) >= 11 is 1.50. The van der Waals surface area contributed by atoms with Crippen LogP contribution < -0.4 is 10.9 Å². The Hall–Kier alpha value is -2.45. The molecule has 0 aliphatic heterocycles. The number of carbonyl (C=O) groups excluding carboxylic acids is 1. The van der Waals surface area contributed by atoms with Crippen LogP contribution in [0.3, 0.4) is 0 Å². The van der Waals surface area contributed by atoms with Crippen molar-refractivity contribution in [3.05, 3.63) is 51.3 Å². The smallest absolute Gasteiger partial charge is 0.262 e. The highest BCUT2D eigenvalue weighted by Gasteiger charge is 2.18. The van der Waals surface area contributed by atoms with Gasteiger partial charge in [-0.15, -0.1) is 11.3 Å². The van der Waals surface area contributed by atoms with Gasteiger partial charge in [-0.2, -0.15) is 0 Å². The first-order valence-corrected chi connectivity index (χ1v) is 9.11. The highest BCUT2D eigenvalue weighted by atomic mass is 32.1. The first kappa shape index (κ1) is 18.3. The Balaban J connectivity index is 1.72. The molecule has 138 valence electrons. The van der Waals surface area contributed by atoms with Gasteiger partial charge >= 0.3 is 0 Å². The van der Waals surface area contributed by atoms with E-state index in [-0.39, 0.29) is 24.1 Å². The van der Waals surface area contributed by atoms with E-state index in [1.54, 1.807) is 6.26 Å². The van der Waals surface area contributed by atoms with E-state index in [1.807, 2.05) is 45.0 Å². The molecule has 1 N–H and O–H groups in total. The molecule has 3 aromatic heterocycles. The van der Waals surface area contributed by atoms with Crippen LogP contribution in [-0.4, -0.2) is 41.0 Å². The molecule has 1 amide bonds. The first-order valence-electron chi connectivity index (χ1n) is 8.30. The van der Waals surface area contributed by atoms with Crippen molar-refractivity contribution in [3.63, 3.8) is 0 Å². The zero-order valence-corrected chi connectivity index (χ0v) is 16.1. The molecule has 3 heterocycles. The zero-order valence-electron chi connectivity index (χ0n) is 15.3. The van der Waals surface area contributed by atoms with Gasteiger partial charge in [-0.1, -0.05) is 0 Å². The van der Waals surface area contributed by atoms with Crippen molar-refractivity contribution in [3.8, 4) is 0 Å². The van der Waals surface area contributed by atoms with Crippen molar-refractivity contribution in [1.29, 1.82) is 0 Å². The lowest BCUT2D eigenvalue weighted by Gasteiger charge is -2.22. The number of likely N-dealkylation sites (N-methyl/N-ethyl adjacent to an activating group) is 1. The number of thiophene rings is 1. The summed E-state index contributed by atoms with van der Waals surface area (Å²) in [7, 11) is 3.84. The maximum Gasteiger partial charge on any atom is 0.262 e. The molecule has 3 rings (SSSR count). The van der Waals surface area contributed by atoms with Gasteiger partial charge in [0.25, 0.3) is 5.56 Å². The maximum atomic E-state index is 12.7. The van der Waals surface area contributed by atoms with E-state index in [4.69, 9.17) is 4.42 Å². The van der Waals surface area contributed by atoms with Crippen molar-refractivity contribution < 1.29 is 9.21 Å². The number of aryl methyl sites for hydroxylation is 2. The van der Waals surface area contributed by atoms with E-state index in [9.17, 15) is 9.59 Å². The van der Waals surface area contributed by atoms with Gasteiger partial charge in [-0.25, -0.2) is 4.98 Å². The Morgan fingerprint density at radius 3 is 2.85 bits per heavy atom. The molecule has 8 heteroatoms. The third-order valence-corrected chi connectivity index (χ3v) is 5.57. The van der Waals surface area contributed by atoms with Crippen LogP contribution in [0.25, 0.3) is 10.2 Å². The summed E-state index contributed by atoms with van der Waals surface area (Å²) in [5, 5.41) is 3.47. The van der Waals surface area contributed by atoms with Crippen molar-refractivity contribution in [2.24, 2.45) is 0 Å². The van der Waals surface area contributed by atoms with Crippen molar-refractivity contribution in [1.82, 2.24) is 19.8 Å². The summed E-state index contributed by atoms with van der Waals surface area (Å²) in [6.45, 7) is 4.20. The van der Waals surface area contributed by atoms with Crippen molar-refractivity contribution >= 4 is 27.5 Å². The van der Waals surface area contributed by atoms with Gasteiger partial charge in [-0.3, -0.25) is 19.1 Å². The topological polar surface area (TPSA) is 80.4 Å². The number of hydrogen-bond donors (Lipinski definition) is 1. The number of hydrogen-bond acceptors (Lipinski definition) is 6. The largest absolute Gasteiger partial charge is 0.468 e. The number of fused-ring (bicyclic) bond motifs is 1. The average Bonchev–Trinajstić information content (AvgIpc) is 3.20. The highest BCUT2D eigenvalue weighted by Crippen LogP contribution is 2.25. The lowest BCUT2D eigenvalue weighted by Crippen LogP contribution is -2.37. The number of furan rings is 1. The second kappa shape index (κ2) is 7.43. The minimum Gasteiger partial charge on any atom is -0.468 e. The predicted molar refractivity (Wildman–Crippen MR) is 101 cm³/mol. The fraction of sp³-hybridized carbons (Fsp3) is 0.389. The van der Waals surface area contributed by atoms with Gasteiger partial charge in [0, 0.05) is 11.4 Å². The second-order valence-corrected chi connectivity index (χ2v) is 7.64. The van der Waals surface area contributed by atoms with Crippen LogP contribution >= 0.6 is 11.3 Å². The van der Waals surface area contributed by atoms with Crippen LogP contribution in [0.5, 0.6) is 0 Å². The fourth-order valence-corrected chi connectivity index (χ4v) is 3.81. The van der Waals surface area contributed by atoms with Gasteiger partial charge in [0.15, 0.2) is 0 Å². The van der Waals surface area contributed by atoms with E-state index < -0.39 is 0 Å². The standard InChI is InChI=1S/C18H22N4O3S/c1-11-12(2)26-17-16(11)18(24)22(10-20-17)9-15(23)19-8-13(21(3)4)14-6-5-7-25-14/h5-7,10,13H,8-9H2,1-4H3,(H,19,23)/t13-/m1/s1. The van der Waals surface area contributed by atoms with E-state index in [2.05, 4.69) is 10.3 Å². The van der Waals surface area contributed by atoms with Gasteiger partial charge in [-0.05, 0) is 45.6 Å². The van der Waals surface area contributed by atoms with Crippen LogP contribution in [0.15, 0.2) is 33.9 Å². The minimum atomic E-state index is -0.240. The monoisotopic (exact) mass is 374 g/mol. The molecule has 0 radical (unpaired) electrons. The molecule has 26 heavy (non-hydrogen) atoms. The molecule has 1 atom stereocenters. The summed E-state index contributed by atoms with van der Waals surface area (Å²) in [6, 6.07) is 3.62. The van der Waals surface area contributed by atoms with Crippen LogP contribution in [-0.2, 0) is 11.3 Å². The third kappa shape index (κ3) is 3.56. The number of rotatable bonds is 6. The Bertz CT molecular complexity index is 972. The van der Waals surface area contributed by atoms with Gasteiger partial charge in [0.1, 0.15) is 17.1 Å². The van der Waals surface area contributed by atoms with Crippen LogP contribution in [0.1, 0.15) is 22.2 Å². The third-order valence-electron chi connectivity index (χ3n) is 4.46. The Morgan fingerprint density at radius 2 is 2.19 bits per heavy atom. The summed E-state index contributed by atoms with van der Waals surface area (Å²) in [5.41, 5.74) is 0.755. The highest BCUT2D eigenvalue weighted by molar-refractivity contribution is 7.18. The van der Waals surface area contributed by atoms with Gasteiger partial charge in [0.05, 0.1) is 24.0 Å². The maximum absolute atomic E-state index is 12.7. The molecule has 0 bridgehead atoms. The number of nitrogens with zero attached hydrogens (tertiary/aromatic N) is 3. The first-order chi connectivity index (χ1) is 12.4. The van der Waals surface area contributed by atoms with Crippen LogP contribution in [0.2, 0.25) is 0 Å². The normalized spacial score (nSPS) is 12.7. The average molecular weight is 374 g/mol. The fourth-order valence-electron chi connectivity index (χ4n) is 2.82. The van der Waals surface area contributed by atoms with E-state index in [0.717, 1.165) is 16.2 Å². The number of aromatic nitrogens is 2. The number of amides is 1. The molecule has 0 spiro atoms. The lowest BCUT2D eigenvalue weighted by atomic mass is 10.2. The molecule has 0 aromatic carbocycles. The quantitative estimate of drug-likeness (QED) is 0.715. The summed E-state index contributed by atoms with van der Waals surface area (Å²) in [5.74, 6) is 0.538. The molecular formula is C18H22N4O3S. The van der Waals surface area contributed by atoms with Crippen LogP contribution in [0.4, 0.5) is 0 Å². The number of carbonyl (C=O) groups is 1. The van der Waals surface area contributed by atoms with Gasteiger partial charge < -0.3 is 9.73 Å². The molecule has 7 nitrogen and oxygen atoms in total. The molecule has 0 saturated carbocycles. The molecule has 3 aromatic rings. The van der Waals surface area contributed by atoms with Gasteiger partial charge in [0.2, 0.25) is 5.91 Å². The Kier molecular flexibility index (Phi) is 5.24. The molecule has 0 saturated heterocycles. The predicted octanol–water partition coefficient (Wildman–Crippen LogP) is 2.09. The summed E-state index contributed by atoms with van der Waals surface area (Å²) in [6.07, 6.45) is 3.05. The number of nitrogens with one attached hydrogen (secondary N) is 1. The Morgan fingerprint density at radius 1 is 1.42 bits per heavy atom. The van der Waals surface area contributed by atoms with E-state index >= 15 is 0 Å². The van der Waals surface area contributed by atoms with Crippen molar-refractivity contribution in [2.45, 2.75) is 26.4 Å². The summed E-state index contributed by atoms with van der Waals surface area (Å²) in [4.78, 5) is 33.1. The van der Waals surface area contributed by atoms with E-state index in [1.165, 1.54) is 22.2 Å². The minimum absolute atomic E-state index is 0.0611. The lowest BCUT2D eigenvalue weighted by molar-refractivity contribution is -0.122. The molecule has 0 unspecified atom stereocenters. The van der Waals surface area contributed by atoms with Crippen LogP contribution in [0, 0.1) is 13.8 Å². The molecular weight excluding hydrogens is 352 g/mol. The van der Waals surface area contributed by atoms with E-state index in [0.29, 0.717) is 16.8 Å². The summed E-state index contributed by atoms with van der Waals surface area (Å²) < 4.78 is 6.79. The zero-order chi connectivity index (χ0) is 18.8. The molecule has 0 fully saturated rings.